The van der Waals surface area contributed by atoms with Gasteiger partial charge in [0.15, 0.2) is 0 Å². The molecule has 0 amide bonds. The molecule has 0 aliphatic rings. The Labute approximate surface area is 106 Å². The van der Waals surface area contributed by atoms with Crippen molar-refractivity contribution in [3.8, 4) is 0 Å². The van der Waals surface area contributed by atoms with E-state index in [4.69, 9.17) is 11.6 Å². The summed E-state index contributed by atoms with van der Waals surface area (Å²) in [6.07, 6.45) is -3.72. The molecule has 1 atom stereocenters. The van der Waals surface area contributed by atoms with E-state index in [9.17, 15) is 17.6 Å². The summed E-state index contributed by atoms with van der Waals surface area (Å²) in [6, 6.07) is -0.292. The van der Waals surface area contributed by atoms with Gasteiger partial charge in [0.05, 0.1) is 4.34 Å². The van der Waals surface area contributed by atoms with Crippen molar-refractivity contribution >= 4 is 22.9 Å². The third kappa shape index (κ3) is 3.11. The van der Waals surface area contributed by atoms with Crippen LogP contribution in [0.3, 0.4) is 0 Å². The minimum atomic E-state index is -4.11. The molecule has 1 heterocycles. The average molecular weight is 290 g/mol. The van der Waals surface area contributed by atoms with Gasteiger partial charge in [0, 0.05) is 4.88 Å². The second-order valence-electron chi connectivity index (χ2n) is 3.57. The molecule has 0 aliphatic carbocycles. The third-order valence-corrected chi connectivity index (χ3v) is 3.86. The van der Waals surface area contributed by atoms with Crippen LogP contribution in [-0.4, -0.2) is 18.9 Å². The van der Waals surface area contributed by atoms with Crippen molar-refractivity contribution in [3.05, 3.63) is 20.8 Å². The molecule has 0 bridgehead atoms. The molecule has 1 nitrogen and oxygen atoms in total. The lowest BCUT2D eigenvalue weighted by Gasteiger charge is -2.25. The number of alkyl halides is 4. The zero-order valence-corrected chi connectivity index (χ0v) is 10.8. The Morgan fingerprint density at radius 3 is 2.41 bits per heavy atom. The van der Waals surface area contributed by atoms with Crippen molar-refractivity contribution < 1.29 is 17.6 Å². The summed E-state index contributed by atoms with van der Waals surface area (Å²) in [7, 11) is 0. The molecule has 1 N–H and O–H groups in total. The van der Waals surface area contributed by atoms with E-state index in [0.717, 1.165) is 11.3 Å². The van der Waals surface area contributed by atoms with Gasteiger partial charge in [-0.05, 0) is 25.1 Å². The summed E-state index contributed by atoms with van der Waals surface area (Å²) in [5, 5.41) is 2.38. The highest BCUT2D eigenvalue weighted by Crippen LogP contribution is 2.41. The molecule has 0 saturated heterocycles. The largest absolute Gasteiger partial charge is 0.327 e. The molecule has 7 heteroatoms. The molecule has 0 fully saturated rings. The maximum atomic E-state index is 13.4. The number of nitrogens with one attached hydrogen (secondary N) is 1. The van der Waals surface area contributed by atoms with E-state index in [0.29, 0.717) is 9.90 Å². The van der Waals surface area contributed by atoms with Crippen LogP contribution in [0.2, 0.25) is 4.34 Å². The second kappa shape index (κ2) is 5.54. The summed E-state index contributed by atoms with van der Waals surface area (Å²) in [6.45, 7) is 3.39. The first-order valence-corrected chi connectivity index (χ1v) is 6.15. The van der Waals surface area contributed by atoms with Gasteiger partial charge < -0.3 is 5.32 Å². The van der Waals surface area contributed by atoms with Crippen molar-refractivity contribution in [2.75, 3.05) is 6.54 Å². The van der Waals surface area contributed by atoms with Crippen LogP contribution in [0.1, 0.15) is 23.4 Å². The average Bonchev–Trinajstić information content (AvgIpc) is 2.54. The number of hydrogen-bond acceptors (Lipinski definition) is 2. The molecule has 0 saturated carbocycles. The predicted octanol–water partition coefficient (Wildman–Crippen LogP) is 4.26. The SMILES string of the molecule is CCNC(c1cc(C)c(Cl)s1)C(F)(F)C(F)F. The van der Waals surface area contributed by atoms with Crippen LogP contribution in [0.25, 0.3) is 0 Å². The van der Waals surface area contributed by atoms with E-state index in [1.54, 1.807) is 13.8 Å². The van der Waals surface area contributed by atoms with E-state index in [1.807, 2.05) is 0 Å². The van der Waals surface area contributed by atoms with Crippen LogP contribution in [0.15, 0.2) is 6.07 Å². The number of halogens is 5. The van der Waals surface area contributed by atoms with Gasteiger partial charge in [-0.15, -0.1) is 11.3 Å². The van der Waals surface area contributed by atoms with Gasteiger partial charge in [-0.3, -0.25) is 0 Å². The van der Waals surface area contributed by atoms with Crippen LogP contribution in [0.4, 0.5) is 17.6 Å². The monoisotopic (exact) mass is 289 g/mol. The standard InChI is InChI=1S/C10H12ClF4NS/c1-3-16-7(10(14,15)9(12)13)6-4-5(2)8(11)17-6/h4,7,9,16H,3H2,1-2H3. The first-order chi connectivity index (χ1) is 7.80. The number of thiophene rings is 1. The molecule has 1 aromatic rings. The number of aryl methyl sites for hydroxylation is 1. The Hall–Kier alpha value is -0.330. The van der Waals surface area contributed by atoms with Crippen molar-refractivity contribution in [2.45, 2.75) is 32.2 Å². The van der Waals surface area contributed by atoms with Crippen LogP contribution >= 0.6 is 22.9 Å². The molecule has 98 valence electrons. The van der Waals surface area contributed by atoms with Gasteiger partial charge in [-0.1, -0.05) is 18.5 Å². The number of rotatable bonds is 5. The van der Waals surface area contributed by atoms with Gasteiger partial charge in [0.25, 0.3) is 0 Å². The first kappa shape index (κ1) is 14.7. The molecule has 1 unspecified atom stereocenters. The van der Waals surface area contributed by atoms with Crippen LogP contribution in [0, 0.1) is 6.92 Å². The Kier molecular flexibility index (Phi) is 4.80. The highest BCUT2D eigenvalue weighted by molar-refractivity contribution is 7.16. The summed E-state index contributed by atoms with van der Waals surface area (Å²) < 4.78 is 51.8. The van der Waals surface area contributed by atoms with Crippen LogP contribution in [-0.2, 0) is 0 Å². The summed E-state index contributed by atoms with van der Waals surface area (Å²) >= 11 is 6.66. The molecule has 0 aliphatic heterocycles. The smallest absolute Gasteiger partial charge is 0.304 e. The quantitative estimate of drug-likeness (QED) is 0.799. The van der Waals surface area contributed by atoms with Crippen LogP contribution < -0.4 is 5.32 Å². The van der Waals surface area contributed by atoms with E-state index in [-0.39, 0.29) is 11.4 Å². The second-order valence-corrected chi connectivity index (χ2v) is 5.26. The highest BCUT2D eigenvalue weighted by Gasteiger charge is 2.49. The molecular formula is C10H12ClF4NS. The first-order valence-electron chi connectivity index (χ1n) is 4.95. The van der Waals surface area contributed by atoms with E-state index in [1.165, 1.54) is 6.07 Å². The van der Waals surface area contributed by atoms with Gasteiger partial charge in [0.1, 0.15) is 6.04 Å². The molecular weight excluding hydrogens is 278 g/mol. The topological polar surface area (TPSA) is 12.0 Å². The van der Waals surface area contributed by atoms with Crippen molar-refractivity contribution in [3.63, 3.8) is 0 Å². The third-order valence-electron chi connectivity index (χ3n) is 2.24. The lowest BCUT2D eigenvalue weighted by atomic mass is 10.1. The Morgan fingerprint density at radius 1 is 1.47 bits per heavy atom. The number of hydrogen-bond donors (Lipinski definition) is 1. The highest BCUT2D eigenvalue weighted by atomic mass is 35.5. The van der Waals surface area contributed by atoms with Gasteiger partial charge >= 0.3 is 12.3 Å². The molecule has 1 rings (SSSR count). The summed E-state index contributed by atoms with van der Waals surface area (Å²) in [5.74, 6) is -4.11. The zero-order chi connectivity index (χ0) is 13.2. The zero-order valence-electron chi connectivity index (χ0n) is 9.24. The summed E-state index contributed by atoms with van der Waals surface area (Å²) in [5.41, 5.74) is 0.611. The van der Waals surface area contributed by atoms with E-state index >= 15 is 0 Å². The van der Waals surface area contributed by atoms with Crippen molar-refractivity contribution in [1.82, 2.24) is 5.32 Å². The minimum Gasteiger partial charge on any atom is -0.304 e. The van der Waals surface area contributed by atoms with Gasteiger partial charge in [-0.2, -0.15) is 8.78 Å². The molecule has 0 radical (unpaired) electrons. The van der Waals surface area contributed by atoms with Gasteiger partial charge in [-0.25, -0.2) is 8.78 Å². The van der Waals surface area contributed by atoms with E-state index < -0.39 is 18.4 Å². The molecule has 1 aromatic heterocycles. The molecule has 17 heavy (non-hydrogen) atoms. The predicted molar refractivity (Wildman–Crippen MR) is 61.4 cm³/mol. The fourth-order valence-electron chi connectivity index (χ4n) is 1.38. The fourth-order valence-corrected chi connectivity index (χ4v) is 2.72. The Bertz CT molecular complexity index is 361. The molecule has 0 aromatic carbocycles. The van der Waals surface area contributed by atoms with E-state index in [2.05, 4.69) is 5.32 Å². The van der Waals surface area contributed by atoms with Crippen molar-refractivity contribution in [2.24, 2.45) is 0 Å². The fraction of sp³-hybridized carbons (Fsp3) is 0.600. The lowest BCUT2D eigenvalue weighted by Crippen LogP contribution is -2.42. The van der Waals surface area contributed by atoms with Gasteiger partial charge in [0.2, 0.25) is 0 Å². The Balaban J connectivity index is 3.08. The maximum absolute atomic E-state index is 13.4. The molecule has 0 spiro atoms. The normalized spacial score (nSPS) is 14.4. The minimum absolute atomic E-state index is 0.125. The van der Waals surface area contributed by atoms with Crippen molar-refractivity contribution in [1.29, 1.82) is 0 Å². The Morgan fingerprint density at radius 2 is 2.06 bits per heavy atom. The lowest BCUT2D eigenvalue weighted by molar-refractivity contribution is -0.150. The summed E-state index contributed by atoms with van der Waals surface area (Å²) in [4.78, 5) is 0.125. The maximum Gasteiger partial charge on any atom is 0.327 e. The van der Waals surface area contributed by atoms with Crippen LogP contribution in [0.5, 0.6) is 0 Å².